The van der Waals surface area contributed by atoms with Crippen LogP contribution in [0, 0.1) is 6.92 Å². The molecule has 1 aromatic heterocycles. The molecule has 0 unspecified atom stereocenters. The Kier molecular flexibility index (Phi) is 5.83. The van der Waals surface area contributed by atoms with E-state index in [1.54, 1.807) is 11.3 Å². The first-order valence-corrected chi connectivity index (χ1v) is 6.27. The molecule has 0 radical (unpaired) electrons. The van der Waals surface area contributed by atoms with Crippen molar-refractivity contribution >= 4 is 11.3 Å². The Hall–Kier alpha value is -0.450. The van der Waals surface area contributed by atoms with E-state index in [4.69, 9.17) is 0 Å². The van der Waals surface area contributed by atoms with Crippen LogP contribution in [0.3, 0.4) is 0 Å². The highest BCUT2D eigenvalue weighted by molar-refractivity contribution is 7.11. The van der Waals surface area contributed by atoms with Crippen molar-refractivity contribution in [3.8, 4) is 0 Å². The summed E-state index contributed by atoms with van der Waals surface area (Å²) in [5.41, 5.74) is 0. The van der Waals surface area contributed by atoms with Crippen LogP contribution in [0.2, 0.25) is 0 Å². The van der Waals surface area contributed by atoms with E-state index in [9.17, 15) is 0 Å². The highest BCUT2D eigenvalue weighted by Crippen LogP contribution is 2.10. The van der Waals surface area contributed by atoms with Crippen LogP contribution in [0.4, 0.5) is 0 Å². The average molecular weight is 227 g/mol. The third-order valence-electron chi connectivity index (χ3n) is 2.18. The van der Waals surface area contributed by atoms with Crippen LogP contribution in [0.1, 0.15) is 22.7 Å². The Morgan fingerprint density at radius 2 is 2.20 bits per heavy atom. The van der Waals surface area contributed by atoms with Gasteiger partial charge in [0.2, 0.25) is 0 Å². The van der Waals surface area contributed by atoms with Crippen LogP contribution >= 0.6 is 11.3 Å². The summed E-state index contributed by atoms with van der Waals surface area (Å²) in [6.45, 7) is 5.30. The van der Waals surface area contributed by atoms with E-state index in [0.29, 0.717) is 0 Å². The summed E-state index contributed by atoms with van der Waals surface area (Å²) in [5.74, 6) is 0. The lowest BCUT2D eigenvalue weighted by atomic mass is 10.3. The van der Waals surface area contributed by atoms with Gasteiger partial charge in [0, 0.05) is 17.6 Å². The van der Waals surface area contributed by atoms with Gasteiger partial charge in [-0.25, -0.2) is 4.98 Å². The number of aryl methyl sites for hydroxylation is 1. The summed E-state index contributed by atoms with van der Waals surface area (Å²) in [4.78, 5) is 7.79. The molecular weight excluding hydrogens is 206 g/mol. The molecule has 0 aromatic carbocycles. The Balaban J connectivity index is 1.98. The van der Waals surface area contributed by atoms with Gasteiger partial charge in [0.15, 0.2) is 0 Å². The minimum absolute atomic E-state index is 0.966. The van der Waals surface area contributed by atoms with Gasteiger partial charge in [-0.3, -0.25) is 0 Å². The summed E-state index contributed by atoms with van der Waals surface area (Å²) in [5, 5.41) is 4.59. The number of nitrogens with zero attached hydrogens (tertiary/aromatic N) is 2. The Morgan fingerprint density at radius 3 is 2.80 bits per heavy atom. The molecule has 1 aromatic rings. The molecule has 1 N–H and O–H groups in total. The number of aromatic nitrogens is 1. The van der Waals surface area contributed by atoms with Gasteiger partial charge in [-0.2, -0.15) is 0 Å². The first-order valence-electron chi connectivity index (χ1n) is 5.45. The minimum atomic E-state index is 0.966. The van der Waals surface area contributed by atoms with Gasteiger partial charge in [0.25, 0.3) is 0 Å². The first kappa shape index (κ1) is 12.6. The fraction of sp³-hybridized carbons (Fsp3) is 0.727. The Labute approximate surface area is 96.5 Å². The third kappa shape index (κ3) is 5.87. The standard InChI is InChI=1S/C11H21N3S/c1-10-13-9-11(15-10)8-12-6-4-5-7-14(2)3/h9,12H,4-8H2,1-3H3. The van der Waals surface area contributed by atoms with Gasteiger partial charge >= 0.3 is 0 Å². The van der Waals surface area contributed by atoms with Gasteiger partial charge in [0.05, 0.1) is 5.01 Å². The quantitative estimate of drug-likeness (QED) is 0.721. The molecule has 0 aliphatic heterocycles. The molecule has 0 saturated heterocycles. The number of unbranched alkanes of at least 4 members (excludes halogenated alkanes) is 1. The predicted octanol–water partition coefficient (Wildman–Crippen LogP) is 1.88. The lowest BCUT2D eigenvalue weighted by Crippen LogP contribution is -2.17. The van der Waals surface area contributed by atoms with Gasteiger partial charge in [0.1, 0.15) is 0 Å². The van der Waals surface area contributed by atoms with Crippen LogP contribution in [-0.2, 0) is 6.54 Å². The molecule has 86 valence electrons. The molecule has 0 bridgehead atoms. The second-order valence-corrected chi connectivity index (χ2v) is 5.35. The van der Waals surface area contributed by atoms with E-state index < -0.39 is 0 Å². The van der Waals surface area contributed by atoms with Crippen molar-refractivity contribution in [3.05, 3.63) is 16.1 Å². The largest absolute Gasteiger partial charge is 0.312 e. The maximum atomic E-state index is 4.23. The number of nitrogens with one attached hydrogen (secondary N) is 1. The summed E-state index contributed by atoms with van der Waals surface area (Å²) in [6, 6.07) is 0. The normalized spacial score (nSPS) is 11.2. The molecule has 15 heavy (non-hydrogen) atoms. The van der Waals surface area contributed by atoms with Crippen molar-refractivity contribution in [2.24, 2.45) is 0 Å². The minimum Gasteiger partial charge on any atom is -0.312 e. The smallest absolute Gasteiger partial charge is 0.0897 e. The number of hydrogen-bond donors (Lipinski definition) is 1. The monoisotopic (exact) mass is 227 g/mol. The molecule has 0 spiro atoms. The van der Waals surface area contributed by atoms with Crippen LogP contribution in [0.25, 0.3) is 0 Å². The second-order valence-electron chi connectivity index (χ2n) is 4.03. The molecule has 0 fully saturated rings. The maximum absolute atomic E-state index is 4.23. The summed E-state index contributed by atoms with van der Waals surface area (Å²) in [6.07, 6.45) is 4.48. The van der Waals surface area contributed by atoms with E-state index >= 15 is 0 Å². The fourth-order valence-electron chi connectivity index (χ4n) is 1.38. The molecule has 0 amide bonds. The second kappa shape index (κ2) is 6.93. The SMILES string of the molecule is Cc1ncc(CNCCCCN(C)C)s1. The third-order valence-corrected chi connectivity index (χ3v) is 3.09. The zero-order chi connectivity index (χ0) is 11.1. The number of hydrogen-bond acceptors (Lipinski definition) is 4. The molecule has 1 rings (SSSR count). The molecule has 0 atom stereocenters. The van der Waals surface area contributed by atoms with Crippen molar-refractivity contribution in [3.63, 3.8) is 0 Å². The molecule has 0 saturated carbocycles. The zero-order valence-electron chi connectivity index (χ0n) is 9.92. The number of thiazole rings is 1. The van der Waals surface area contributed by atoms with Crippen LogP contribution in [-0.4, -0.2) is 37.1 Å². The van der Waals surface area contributed by atoms with Crippen LogP contribution in [0.15, 0.2) is 6.20 Å². The van der Waals surface area contributed by atoms with Crippen molar-refractivity contribution in [2.75, 3.05) is 27.2 Å². The van der Waals surface area contributed by atoms with E-state index in [1.165, 1.54) is 24.3 Å². The van der Waals surface area contributed by atoms with E-state index in [0.717, 1.165) is 18.1 Å². The van der Waals surface area contributed by atoms with Crippen LogP contribution < -0.4 is 5.32 Å². The molecule has 0 aliphatic carbocycles. The lowest BCUT2D eigenvalue weighted by molar-refractivity contribution is 0.392. The molecule has 3 nitrogen and oxygen atoms in total. The van der Waals surface area contributed by atoms with Gasteiger partial charge < -0.3 is 10.2 Å². The highest BCUT2D eigenvalue weighted by Gasteiger charge is 1.97. The van der Waals surface area contributed by atoms with E-state index in [1.807, 2.05) is 13.1 Å². The summed E-state index contributed by atoms with van der Waals surface area (Å²) in [7, 11) is 4.24. The van der Waals surface area contributed by atoms with Crippen molar-refractivity contribution < 1.29 is 0 Å². The van der Waals surface area contributed by atoms with Gasteiger partial charge in [-0.15, -0.1) is 11.3 Å². The topological polar surface area (TPSA) is 28.2 Å². The first-order chi connectivity index (χ1) is 7.18. The molecule has 4 heteroatoms. The average Bonchev–Trinajstić information content (AvgIpc) is 2.57. The fourth-order valence-corrected chi connectivity index (χ4v) is 2.14. The van der Waals surface area contributed by atoms with Crippen molar-refractivity contribution in [2.45, 2.75) is 26.3 Å². The maximum Gasteiger partial charge on any atom is 0.0897 e. The zero-order valence-corrected chi connectivity index (χ0v) is 10.7. The summed E-state index contributed by atoms with van der Waals surface area (Å²) < 4.78 is 0. The number of rotatable bonds is 7. The van der Waals surface area contributed by atoms with E-state index in [-0.39, 0.29) is 0 Å². The molecular formula is C11H21N3S. The summed E-state index contributed by atoms with van der Waals surface area (Å²) >= 11 is 1.77. The highest BCUT2D eigenvalue weighted by atomic mass is 32.1. The van der Waals surface area contributed by atoms with Crippen molar-refractivity contribution in [1.82, 2.24) is 15.2 Å². The molecule has 1 heterocycles. The lowest BCUT2D eigenvalue weighted by Gasteiger charge is -2.08. The predicted molar refractivity (Wildman–Crippen MR) is 66.3 cm³/mol. The Bertz CT molecular complexity index is 271. The van der Waals surface area contributed by atoms with Gasteiger partial charge in [-0.05, 0) is 47.0 Å². The van der Waals surface area contributed by atoms with Gasteiger partial charge in [-0.1, -0.05) is 0 Å². The Morgan fingerprint density at radius 1 is 1.40 bits per heavy atom. The van der Waals surface area contributed by atoms with Crippen molar-refractivity contribution in [1.29, 1.82) is 0 Å². The van der Waals surface area contributed by atoms with E-state index in [2.05, 4.69) is 29.3 Å². The molecule has 0 aliphatic rings. The van der Waals surface area contributed by atoms with Crippen LogP contribution in [0.5, 0.6) is 0 Å².